The van der Waals surface area contributed by atoms with Gasteiger partial charge in [-0.15, -0.1) is 0 Å². The molecule has 1 fully saturated rings. The highest BCUT2D eigenvalue weighted by Gasteiger charge is 2.57. The molecule has 2 aliphatic heterocycles. The van der Waals surface area contributed by atoms with Crippen molar-refractivity contribution in [1.82, 2.24) is 4.90 Å². The molecule has 1 saturated heterocycles. The number of nitrogens with zero attached hydrogens (tertiary/aromatic N) is 2. The highest BCUT2D eigenvalue weighted by Crippen LogP contribution is 2.44. The molecule has 3 aromatic carbocycles. The van der Waals surface area contributed by atoms with E-state index in [0.29, 0.717) is 11.1 Å². The van der Waals surface area contributed by atoms with Crippen molar-refractivity contribution in [2.75, 3.05) is 4.90 Å². The number of hydrogen-bond acceptors (Lipinski definition) is 3. The fourth-order valence-electron chi connectivity index (χ4n) is 4.27. The molecule has 30 heavy (non-hydrogen) atoms. The number of fused-ring (bicyclic) bond motifs is 1. The Morgan fingerprint density at radius 1 is 0.600 bits per heavy atom. The van der Waals surface area contributed by atoms with E-state index >= 15 is 0 Å². The van der Waals surface area contributed by atoms with Gasteiger partial charge in [-0.3, -0.25) is 19.3 Å². The summed E-state index contributed by atoms with van der Waals surface area (Å²) in [5.74, 6) is -1.07. The Kier molecular flexibility index (Phi) is 4.07. The Balaban J connectivity index is 1.58. The zero-order chi connectivity index (χ0) is 21.0. The molecule has 2 heterocycles. The van der Waals surface area contributed by atoms with E-state index in [1.807, 2.05) is 62.4 Å². The second-order valence-electron chi connectivity index (χ2n) is 7.87. The molecular weight excluding hydrogens is 376 g/mol. The molecule has 0 bridgehead atoms. The van der Waals surface area contributed by atoms with Gasteiger partial charge in [0.15, 0.2) is 0 Å². The van der Waals surface area contributed by atoms with E-state index in [1.165, 1.54) is 0 Å². The molecule has 0 radical (unpaired) electrons. The molecule has 0 saturated carbocycles. The van der Waals surface area contributed by atoms with Crippen LogP contribution in [0.1, 0.15) is 43.4 Å². The molecule has 0 spiro atoms. The van der Waals surface area contributed by atoms with Crippen LogP contribution in [-0.4, -0.2) is 28.7 Å². The Morgan fingerprint density at radius 2 is 1.10 bits per heavy atom. The second kappa shape index (κ2) is 6.66. The van der Waals surface area contributed by atoms with Gasteiger partial charge in [0.1, 0.15) is 6.04 Å². The predicted molar refractivity (Wildman–Crippen MR) is 113 cm³/mol. The van der Waals surface area contributed by atoms with Crippen LogP contribution in [0.15, 0.2) is 72.8 Å². The van der Waals surface area contributed by atoms with Crippen molar-refractivity contribution in [3.8, 4) is 0 Å². The van der Waals surface area contributed by atoms with Crippen LogP contribution < -0.4 is 4.90 Å². The third kappa shape index (κ3) is 2.59. The van der Waals surface area contributed by atoms with Gasteiger partial charge >= 0.3 is 0 Å². The third-order valence-corrected chi connectivity index (χ3v) is 5.90. The lowest BCUT2D eigenvalue weighted by Crippen LogP contribution is -2.67. The molecule has 2 aliphatic rings. The first kappa shape index (κ1) is 18.3. The van der Waals surface area contributed by atoms with Gasteiger partial charge in [-0.25, -0.2) is 0 Å². The minimum Gasteiger partial charge on any atom is -0.300 e. The van der Waals surface area contributed by atoms with Crippen molar-refractivity contribution in [3.05, 3.63) is 101 Å². The fourth-order valence-corrected chi connectivity index (χ4v) is 4.27. The summed E-state index contributed by atoms with van der Waals surface area (Å²) in [4.78, 5) is 42.2. The van der Waals surface area contributed by atoms with E-state index in [2.05, 4.69) is 0 Å². The van der Waals surface area contributed by atoms with Gasteiger partial charge in [0, 0.05) is 5.69 Å². The molecule has 0 aliphatic carbocycles. The number of hydrogen-bond donors (Lipinski definition) is 0. The monoisotopic (exact) mass is 396 g/mol. The third-order valence-electron chi connectivity index (χ3n) is 5.90. The van der Waals surface area contributed by atoms with Gasteiger partial charge in [-0.2, -0.15) is 0 Å². The van der Waals surface area contributed by atoms with Crippen LogP contribution in [0.2, 0.25) is 0 Å². The van der Waals surface area contributed by atoms with E-state index in [0.717, 1.165) is 27.3 Å². The van der Waals surface area contributed by atoms with Gasteiger partial charge in [-0.05, 0) is 43.7 Å². The lowest BCUT2D eigenvalue weighted by atomic mass is 9.86. The summed E-state index contributed by atoms with van der Waals surface area (Å²) in [6, 6.07) is 21.0. The average Bonchev–Trinajstić information content (AvgIpc) is 3.00. The second-order valence-corrected chi connectivity index (χ2v) is 7.87. The van der Waals surface area contributed by atoms with E-state index in [4.69, 9.17) is 0 Å². The largest absolute Gasteiger partial charge is 0.300 e. The topological polar surface area (TPSA) is 57.7 Å². The highest BCUT2D eigenvalue weighted by molar-refractivity contribution is 6.24. The van der Waals surface area contributed by atoms with Crippen LogP contribution >= 0.6 is 0 Å². The Hall–Kier alpha value is -3.73. The SMILES string of the molecule is Cc1ccc(C2C(N3C(=O)c4ccccc4C3=O)C(=O)N2c2ccc(C)cc2)cc1. The van der Waals surface area contributed by atoms with Crippen molar-refractivity contribution < 1.29 is 14.4 Å². The minimum atomic E-state index is -0.860. The first-order valence-electron chi connectivity index (χ1n) is 9.90. The maximum atomic E-state index is 13.3. The summed E-state index contributed by atoms with van der Waals surface area (Å²) in [7, 11) is 0. The van der Waals surface area contributed by atoms with Crippen LogP contribution in [-0.2, 0) is 4.79 Å². The molecule has 0 N–H and O–H groups in total. The Bertz CT molecular complexity index is 1150. The normalized spacial score (nSPS) is 20.4. The maximum absolute atomic E-state index is 13.3. The summed E-state index contributed by atoms with van der Waals surface area (Å²) in [6.45, 7) is 3.98. The van der Waals surface area contributed by atoms with Crippen LogP contribution in [0, 0.1) is 13.8 Å². The van der Waals surface area contributed by atoms with Gasteiger partial charge in [0.25, 0.3) is 17.7 Å². The Morgan fingerprint density at radius 3 is 1.63 bits per heavy atom. The van der Waals surface area contributed by atoms with Gasteiger partial charge in [-0.1, -0.05) is 59.7 Å². The van der Waals surface area contributed by atoms with Crippen LogP contribution in [0.3, 0.4) is 0 Å². The Labute approximate surface area is 174 Å². The summed E-state index contributed by atoms with van der Waals surface area (Å²) in [5.41, 5.74) is 4.55. The summed E-state index contributed by atoms with van der Waals surface area (Å²) >= 11 is 0. The van der Waals surface area contributed by atoms with Gasteiger partial charge in [0.05, 0.1) is 17.2 Å². The molecular formula is C25H20N2O3. The summed E-state index contributed by atoms with van der Waals surface area (Å²) in [5, 5.41) is 0. The molecule has 2 atom stereocenters. The van der Waals surface area contributed by atoms with E-state index in [9.17, 15) is 14.4 Å². The number of imide groups is 1. The lowest BCUT2D eigenvalue weighted by molar-refractivity contribution is -0.130. The van der Waals surface area contributed by atoms with E-state index < -0.39 is 23.9 Å². The molecule has 148 valence electrons. The number of rotatable bonds is 3. The number of carbonyl (C=O) groups excluding carboxylic acids is 3. The van der Waals surface area contributed by atoms with Gasteiger partial charge < -0.3 is 4.90 Å². The van der Waals surface area contributed by atoms with Crippen molar-refractivity contribution >= 4 is 23.4 Å². The van der Waals surface area contributed by atoms with Crippen molar-refractivity contribution in [3.63, 3.8) is 0 Å². The molecule has 0 aromatic heterocycles. The molecule has 5 rings (SSSR count). The summed E-state index contributed by atoms with van der Waals surface area (Å²) in [6.07, 6.45) is 0. The van der Waals surface area contributed by atoms with Crippen LogP contribution in [0.5, 0.6) is 0 Å². The predicted octanol–water partition coefficient (Wildman–Crippen LogP) is 4.06. The van der Waals surface area contributed by atoms with Crippen molar-refractivity contribution in [1.29, 1.82) is 0 Å². The quantitative estimate of drug-likeness (QED) is 0.496. The first-order valence-corrected chi connectivity index (χ1v) is 9.90. The number of β-lactam (4-membered cyclic amide) rings is 1. The van der Waals surface area contributed by atoms with Gasteiger partial charge in [0.2, 0.25) is 0 Å². The molecule has 2 unspecified atom stereocenters. The number of anilines is 1. The fraction of sp³-hybridized carbons (Fsp3) is 0.160. The maximum Gasteiger partial charge on any atom is 0.262 e. The number of carbonyl (C=O) groups is 3. The lowest BCUT2D eigenvalue weighted by Gasteiger charge is -2.49. The molecule has 3 amide bonds. The van der Waals surface area contributed by atoms with E-state index in [1.54, 1.807) is 29.2 Å². The number of benzene rings is 3. The van der Waals surface area contributed by atoms with Crippen molar-refractivity contribution in [2.24, 2.45) is 0 Å². The first-order chi connectivity index (χ1) is 14.5. The average molecular weight is 396 g/mol. The highest BCUT2D eigenvalue weighted by atomic mass is 16.2. The van der Waals surface area contributed by atoms with Crippen LogP contribution in [0.4, 0.5) is 5.69 Å². The zero-order valence-electron chi connectivity index (χ0n) is 16.7. The zero-order valence-corrected chi connectivity index (χ0v) is 16.7. The smallest absolute Gasteiger partial charge is 0.262 e. The standard InChI is InChI=1S/C25H20N2O3/c1-15-7-11-17(12-8-15)21-22(25(30)26(21)18-13-9-16(2)10-14-18)27-23(28)19-5-3-4-6-20(19)24(27)29/h3-14,21-22H,1-2H3. The van der Waals surface area contributed by atoms with Crippen LogP contribution in [0.25, 0.3) is 0 Å². The molecule has 5 heteroatoms. The molecule has 5 nitrogen and oxygen atoms in total. The molecule has 3 aromatic rings. The van der Waals surface area contributed by atoms with E-state index in [-0.39, 0.29) is 5.91 Å². The summed E-state index contributed by atoms with van der Waals surface area (Å²) < 4.78 is 0. The number of amides is 3. The number of aryl methyl sites for hydroxylation is 2. The minimum absolute atomic E-state index is 0.251. The van der Waals surface area contributed by atoms with Crippen molar-refractivity contribution in [2.45, 2.75) is 25.9 Å².